The molecule has 2 N–H and O–H groups in total. The molecule has 0 unspecified atom stereocenters. The van der Waals surface area contributed by atoms with E-state index in [0.29, 0.717) is 0 Å². The maximum atomic E-state index is 5.29. The number of nitrogens with one attached hydrogen (secondary N) is 2. The van der Waals surface area contributed by atoms with Gasteiger partial charge in [0, 0.05) is 18.5 Å². The second-order valence-electron chi connectivity index (χ2n) is 8.12. The Hall–Kier alpha value is -0.820. The number of halogens is 1. The summed E-state index contributed by atoms with van der Waals surface area (Å²) < 4.78 is 5.29. The second-order valence-corrected chi connectivity index (χ2v) is 8.12. The van der Waals surface area contributed by atoms with Crippen LogP contribution in [0.1, 0.15) is 45.7 Å². The minimum absolute atomic E-state index is 0. The number of rotatable bonds is 6. The quantitative estimate of drug-likeness (QED) is 0.387. The first-order valence-corrected chi connectivity index (χ1v) is 9.02. The Balaban J connectivity index is 0.00000312. The minimum Gasteiger partial charge on any atom is -0.380 e. The summed E-state index contributed by atoms with van der Waals surface area (Å²) in [4.78, 5) is 4.70. The molecule has 5 heteroatoms. The average Bonchev–Trinajstić information content (AvgIpc) is 2.50. The zero-order valence-corrected chi connectivity index (χ0v) is 18.6. The lowest BCUT2D eigenvalue weighted by Crippen LogP contribution is -2.44. The predicted octanol–water partition coefficient (Wildman–Crippen LogP) is 3.74. The molecule has 0 spiro atoms. The fourth-order valence-corrected chi connectivity index (χ4v) is 2.65. The van der Waals surface area contributed by atoms with Crippen LogP contribution in [0.5, 0.6) is 0 Å². The monoisotopic (exact) mass is 459 g/mol. The molecule has 0 radical (unpaired) electrons. The molecule has 142 valence electrons. The molecule has 0 saturated carbocycles. The Bertz CT molecular complexity index is 545. The van der Waals surface area contributed by atoms with Crippen molar-refractivity contribution >= 4 is 29.9 Å². The van der Waals surface area contributed by atoms with Crippen molar-refractivity contribution in [1.82, 2.24) is 10.6 Å². The largest absolute Gasteiger partial charge is 0.380 e. The van der Waals surface area contributed by atoms with Crippen LogP contribution < -0.4 is 10.6 Å². The number of nitrogens with zero attached hydrogens (tertiary/aromatic N) is 1. The van der Waals surface area contributed by atoms with Crippen molar-refractivity contribution in [3.8, 4) is 0 Å². The third-order valence-corrected chi connectivity index (χ3v) is 4.39. The molecule has 0 aromatic heterocycles. The van der Waals surface area contributed by atoms with E-state index in [9.17, 15) is 0 Å². The summed E-state index contributed by atoms with van der Waals surface area (Å²) in [7, 11) is 0. The Morgan fingerprint density at radius 1 is 1.16 bits per heavy atom. The summed E-state index contributed by atoms with van der Waals surface area (Å²) in [5, 5.41) is 6.75. The van der Waals surface area contributed by atoms with Gasteiger partial charge in [-0.15, -0.1) is 24.0 Å². The van der Waals surface area contributed by atoms with Gasteiger partial charge in [-0.1, -0.05) is 52.0 Å². The van der Waals surface area contributed by atoms with Gasteiger partial charge in [-0.3, -0.25) is 4.99 Å². The summed E-state index contributed by atoms with van der Waals surface area (Å²) >= 11 is 0. The number of ether oxygens (including phenoxy) is 1. The fourth-order valence-electron chi connectivity index (χ4n) is 2.65. The first-order valence-electron chi connectivity index (χ1n) is 9.02. The Morgan fingerprint density at radius 2 is 1.80 bits per heavy atom. The summed E-state index contributed by atoms with van der Waals surface area (Å²) in [6, 6.07) is 8.95. The van der Waals surface area contributed by atoms with Gasteiger partial charge in [0.15, 0.2) is 5.96 Å². The van der Waals surface area contributed by atoms with Gasteiger partial charge in [-0.2, -0.15) is 0 Å². The highest BCUT2D eigenvalue weighted by Crippen LogP contribution is 2.26. The van der Waals surface area contributed by atoms with Gasteiger partial charge in [0.1, 0.15) is 0 Å². The van der Waals surface area contributed by atoms with Crippen molar-refractivity contribution in [1.29, 1.82) is 0 Å². The fraction of sp³-hybridized carbons (Fsp3) is 0.650. The number of benzene rings is 1. The molecule has 1 fully saturated rings. The van der Waals surface area contributed by atoms with Gasteiger partial charge in [0.2, 0.25) is 0 Å². The van der Waals surface area contributed by atoms with Crippen LogP contribution in [0.25, 0.3) is 0 Å². The molecule has 1 aliphatic heterocycles. The summed E-state index contributed by atoms with van der Waals surface area (Å²) in [6.07, 6.45) is 0.995. The summed E-state index contributed by atoms with van der Waals surface area (Å²) in [5.41, 5.74) is 3.16. The van der Waals surface area contributed by atoms with E-state index in [2.05, 4.69) is 69.5 Å². The van der Waals surface area contributed by atoms with Crippen LogP contribution in [0.15, 0.2) is 29.3 Å². The molecule has 4 nitrogen and oxygen atoms in total. The maximum absolute atomic E-state index is 5.29. The van der Waals surface area contributed by atoms with Crippen molar-refractivity contribution in [2.45, 2.75) is 46.5 Å². The van der Waals surface area contributed by atoms with Crippen LogP contribution in [0.4, 0.5) is 0 Å². The standard InChI is InChI=1S/C20H33N3O.HI/c1-6-21-18(23-13-20(5)14-24-15-20)22-12-11-16-7-9-17(10-8-16)19(2,3)4;/h7-10H,6,11-15H2,1-5H3,(H2,21,22,23);1H. The van der Waals surface area contributed by atoms with E-state index >= 15 is 0 Å². The number of hydrogen-bond acceptors (Lipinski definition) is 2. The second kappa shape index (κ2) is 9.76. The van der Waals surface area contributed by atoms with Crippen molar-refractivity contribution in [3.05, 3.63) is 35.4 Å². The molecule has 0 atom stereocenters. The molecule has 1 aliphatic rings. The molecule has 0 amide bonds. The molecular formula is C20H34IN3O. The minimum atomic E-state index is 0. The molecule has 1 aromatic rings. The normalized spacial score (nSPS) is 16.6. The van der Waals surface area contributed by atoms with Gasteiger partial charge < -0.3 is 15.4 Å². The van der Waals surface area contributed by atoms with Crippen molar-refractivity contribution in [2.24, 2.45) is 10.4 Å². The van der Waals surface area contributed by atoms with E-state index in [4.69, 9.17) is 9.73 Å². The Kier molecular flexibility index (Phi) is 8.68. The lowest BCUT2D eigenvalue weighted by Gasteiger charge is -2.36. The topological polar surface area (TPSA) is 45.7 Å². The van der Waals surface area contributed by atoms with Crippen LogP contribution >= 0.6 is 24.0 Å². The highest BCUT2D eigenvalue weighted by atomic mass is 127. The first-order chi connectivity index (χ1) is 11.3. The highest BCUT2D eigenvalue weighted by molar-refractivity contribution is 14.0. The molecule has 1 saturated heterocycles. The molecule has 25 heavy (non-hydrogen) atoms. The SMILES string of the molecule is CCNC(=NCC1(C)COC1)NCCc1ccc(C(C)(C)C)cc1.I. The number of aliphatic imine (C=N–C) groups is 1. The average molecular weight is 459 g/mol. The van der Waals surface area contributed by atoms with Crippen LogP contribution in [0, 0.1) is 5.41 Å². The molecular weight excluding hydrogens is 425 g/mol. The van der Waals surface area contributed by atoms with Crippen LogP contribution in [-0.2, 0) is 16.6 Å². The predicted molar refractivity (Wildman–Crippen MR) is 117 cm³/mol. The van der Waals surface area contributed by atoms with Crippen LogP contribution in [0.2, 0.25) is 0 Å². The molecule has 2 rings (SSSR count). The van der Waals surface area contributed by atoms with E-state index in [1.807, 2.05) is 0 Å². The van der Waals surface area contributed by atoms with E-state index in [1.54, 1.807) is 0 Å². The van der Waals surface area contributed by atoms with Crippen LogP contribution in [-0.4, -0.2) is 38.8 Å². The number of guanidine groups is 1. The van der Waals surface area contributed by atoms with Gasteiger partial charge in [0.25, 0.3) is 0 Å². The lowest BCUT2D eigenvalue weighted by atomic mass is 9.86. The summed E-state index contributed by atoms with van der Waals surface area (Å²) in [6.45, 7) is 15.3. The molecule has 0 aliphatic carbocycles. The Labute approximate surface area is 170 Å². The van der Waals surface area contributed by atoms with E-state index < -0.39 is 0 Å². The van der Waals surface area contributed by atoms with Gasteiger partial charge in [-0.25, -0.2) is 0 Å². The third-order valence-electron chi connectivity index (χ3n) is 4.39. The van der Waals surface area contributed by atoms with Crippen molar-refractivity contribution in [3.63, 3.8) is 0 Å². The van der Waals surface area contributed by atoms with Crippen LogP contribution in [0.3, 0.4) is 0 Å². The zero-order chi connectivity index (χ0) is 17.6. The highest BCUT2D eigenvalue weighted by Gasteiger charge is 2.33. The molecule has 0 bridgehead atoms. The van der Waals surface area contributed by atoms with Crippen molar-refractivity contribution < 1.29 is 4.74 Å². The number of hydrogen-bond donors (Lipinski definition) is 2. The van der Waals surface area contributed by atoms with Gasteiger partial charge in [0.05, 0.1) is 19.8 Å². The first kappa shape index (κ1) is 22.2. The summed E-state index contributed by atoms with van der Waals surface area (Å²) in [5.74, 6) is 0.900. The lowest BCUT2D eigenvalue weighted by molar-refractivity contribution is -0.0945. The van der Waals surface area contributed by atoms with Gasteiger partial charge in [-0.05, 0) is 29.9 Å². The van der Waals surface area contributed by atoms with E-state index in [0.717, 1.165) is 45.2 Å². The third kappa shape index (κ3) is 7.13. The van der Waals surface area contributed by atoms with E-state index in [-0.39, 0.29) is 34.8 Å². The Morgan fingerprint density at radius 3 is 2.28 bits per heavy atom. The smallest absolute Gasteiger partial charge is 0.191 e. The maximum Gasteiger partial charge on any atom is 0.191 e. The van der Waals surface area contributed by atoms with Gasteiger partial charge >= 0.3 is 0 Å². The van der Waals surface area contributed by atoms with Crippen molar-refractivity contribution in [2.75, 3.05) is 32.8 Å². The van der Waals surface area contributed by atoms with E-state index in [1.165, 1.54) is 11.1 Å². The zero-order valence-electron chi connectivity index (χ0n) is 16.3. The molecule has 1 heterocycles. The molecule has 1 aromatic carbocycles.